The zero-order chi connectivity index (χ0) is 22.9. The average molecular weight is 476 g/mol. The van der Waals surface area contributed by atoms with Crippen LogP contribution in [-0.4, -0.2) is 50.9 Å². The normalized spacial score (nSPS) is 14.8. The van der Waals surface area contributed by atoms with Gasteiger partial charge in [-0.3, -0.25) is 10.1 Å². The largest absolute Gasteiger partial charge is 0.493 e. The van der Waals surface area contributed by atoms with Crippen molar-refractivity contribution in [2.45, 2.75) is 36.6 Å². The number of thiazole rings is 1. The summed E-state index contributed by atoms with van der Waals surface area (Å²) in [6.45, 7) is 0. The molecule has 0 radical (unpaired) electrons. The predicted molar refractivity (Wildman–Crippen MR) is 124 cm³/mol. The van der Waals surface area contributed by atoms with Gasteiger partial charge in [0.15, 0.2) is 16.6 Å². The quantitative estimate of drug-likeness (QED) is 0.552. The van der Waals surface area contributed by atoms with Gasteiger partial charge in [0.25, 0.3) is 5.91 Å². The van der Waals surface area contributed by atoms with E-state index in [0.29, 0.717) is 27.7 Å². The Morgan fingerprint density at radius 1 is 1.09 bits per heavy atom. The Kier molecular flexibility index (Phi) is 6.36. The van der Waals surface area contributed by atoms with Gasteiger partial charge in [-0.05, 0) is 37.1 Å². The molecule has 0 aliphatic heterocycles. The number of nitrogens with zero attached hydrogens (tertiary/aromatic N) is 2. The van der Waals surface area contributed by atoms with Gasteiger partial charge in [-0.25, -0.2) is 13.4 Å². The molecule has 10 heteroatoms. The Balaban J connectivity index is 1.50. The zero-order valence-corrected chi connectivity index (χ0v) is 19.8. The van der Waals surface area contributed by atoms with Crippen molar-refractivity contribution in [3.8, 4) is 11.5 Å². The lowest BCUT2D eigenvalue weighted by Crippen LogP contribution is -2.35. The number of hydrogen-bond acceptors (Lipinski definition) is 7. The molecule has 1 aliphatic rings. The van der Waals surface area contributed by atoms with Crippen molar-refractivity contribution >= 4 is 42.6 Å². The Hall–Kier alpha value is -2.69. The topological polar surface area (TPSA) is 97.8 Å². The van der Waals surface area contributed by atoms with Crippen molar-refractivity contribution in [3.63, 3.8) is 0 Å². The van der Waals surface area contributed by atoms with Gasteiger partial charge < -0.3 is 9.47 Å². The van der Waals surface area contributed by atoms with Crippen molar-refractivity contribution < 1.29 is 22.7 Å². The van der Waals surface area contributed by atoms with Crippen LogP contribution >= 0.6 is 11.3 Å². The van der Waals surface area contributed by atoms with E-state index in [1.807, 2.05) is 6.07 Å². The molecule has 1 saturated carbocycles. The van der Waals surface area contributed by atoms with Crippen LogP contribution in [0.2, 0.25) is 0 Å². The van der Waals surface area contributed by atoms with Crippen LogP contribution in [0.15, 0.2) is 41.3 Å². The minimum absolute atomic E-state index is 0.0410. The first kappa shape index (κ1) is 22.5. The summed E-state index contributed by atoms with van der Waals surface area (Å²) >= 11 is 1.31. The first-order chi connectivity index (χ1) is 15.3. The Bertz CT molecular complexity index is 1190. The summed E-state index contributed by atoms with van der Waals surface area (Å²) < 4.78 is 38.7. The van der Waals surface area contributed by atoms with Gasteiger partial charge in [0.05, 0.1) is 29.3 Å². The van der Waals surface area contributed by atoms with E-state index in [2.05, 4.69) is 10.3 Å². The van der Waals surface area contributed by atoms with Gasteiger partial charge in [-0.2, -0.15) is 4.31 Å². The van der Waals surface area contributed by atoms with Crippen LogP contribution in [0.5, 0.6) is 11.5 Å². The molecule has 8 nitrogen and oxygen atoms in total. The lowest BCUT2D eigenvalue weighted by atomic mass is 10.2. The zero-order valence-electron chi connectivity index (χ0n) is 18.1. The Morgan fingerprint density at radius 3 is 2.34 bits per heavy atom. The second-order valence-electron chi connectivity index (χ2n) is 7.63. The number of methoxy groups -OCH3 is 2. The average Bonchev–Trinajstić information content (AvgIpc) is 3.46. The van der Waals surface area contributed by atoms with Crippen LogP contribution in [-0.2, 0) is 10.0 Å². The number of carbonyl (C=O) groups excluding carboxylic acids is 1. The van der Waals surface area contributed by atoms with E-state index in [4.69, 9.17) is 9.47 Å². The van der Waals surface area contributed by atoms with Crippen LogP contribution in [0, 0.1) is 0 Å². The SMILES string of the molecule is COc1cc2nc(NC(=O)c3ccc(S(=O)(=O)N(C)C4CCCC4)cc3)sc2cc1OC. The molecule has 0 unspecified atom stereocenters. The Morgan fingerprint density at radius 2 is 1.72 bits per heavy atom. The minimum atomic E-state index is -3.59. The molecule has 1 aromatic heterocycles. The second kappa shape index (κ2) is 9.05. The fourth-order valence-electron chi connectivity index (χ4n) is 3.89. The van der Waals surface area contributed by atoms with Crippen LogP contribution in [0.4, 0.5) is 5.13 Å². The molecule has 0 bridgehead atoms. The number of ether oxygens (including phenoxy) is 2. The molecule has 170 valence electrons. The summed E-state index contributed by atoms with van der Waals surface area (Å²) in [5.74, 6) is 0.777. The molecule has 0 spiro atoms. The highest BCUT2D eigenvalue weighted by Crippen LogP contribution is 2.36. The number of nitrogens with one attached hydrogen (secondary N) is 1. The molecule has 32 heavy (non-hydrogen) atoms. The number of anilines is 1. The van der Waals surface area contributed by atoms with Gasteiger partial charge in [0, 0.05) is 30.8 Å². The smallest absolute Gasteiger partial charge is 0.257 e. The third kappa shape index (κ3) is 4.30. The molecule has 0 saturated heterocycles. The van der Waals surface area contributed by atoms with Crippen LogP contribution in [0.1, 0.15) is 36.0 Å². The van der Waals surface area contributed by atoms with Crippen molar-refractivity contribution in [1.29, 1.82) is 0 Å². The summed E-state index contributed by atoms with van der Waals surface area (Å²) in [6.07, 6.45) is 3.87. The summed E-state index contributed by atoms with van der Waals surface area (Å²) in [6, 6.07) is 9.59. The number of sulfonamides is 1. The highest BCUT2D eigenvalue weighted by atomic mass is 32.2. The number of carbonyl (C=O) groups is 1. The van der Waals surface area contributed by atoms with Crippen LogP contribution in [0.3, 0.4) is 0 Å². The molecule has 4 rings (SSSR count). The molecule has 1 amide bonds. The number of fused-ring (bicyclic) bond motifs is 1. The molecular weight excluding hydrogens is 450 g/mol. The standard InChI is InChI=1S/C22H25N3O5S2/c1-25(15-6-4-5-7-15)32(27,28)16-10-8-14(9-11-16)21(26)24-22-23-17-12-18(29-2)19(30-3)13-20(17)31-22/h8-13,15H,4-7H2,1-3H3,(H,23,24,26). The third-order valence-corrected chi connectivity index (χ3v) is 8.60. The van der Waals surface area contributed by atoms with Gasteiger partial charge in [-0.15, -0.1) is 0 Å². The minimum Gasteiger partial charge on any atom is -0.493 e. The molecule has 2 aromatic carbocycles. The highest BCUT2D eigenvalue weighted by Gasteiger charge is 2.30. The first-order valence-electron chi connectivity index (χ1n) is 10.3. The van der Waals surface area contributed by atoms with Crippen molar-refractivity contribution in [2.75, 3.05) is 26.6 Å². The van der Waals surface area contributed by atoms with E-state index < -0.39 is 10.0 Å². The fourth-order valence-corrected chi connectivity index (χ4v) is 6.17. The van der Waals surface area contributed by atoms with Gasteiger partial charge in [-0.1, -0.05) is 24.2 Å². The molecule has 1 fully saturated rings. The molecular formula is C22H25N3O5S2. The van der Waals surface area contributed by atoms with Crippen LogP contribution in [0.25, 0.3) is 10.2 Å². The number of amides is 1. The van der Waals surface area contributed by atoms with E-state index >= 15 is 0 Å². The highest BCUT2D eigenvalue weighted by molar-refractivity contribution is 7.89. The van der Waals surface area contributed by atoms with Crippen molar-refractivity contribution in [1.82, 2.24) is 9.29 Å². The fraction of sp³-hybridized carbons (Fsp3) is 0.364. The van der Waals surface area contributed by atoms with E-state index in [0.717, 1.165) is 30.4 Å². The maximum absolute atomic E-state index is 12.9. The molecule has 1 N–H and O–H groups in total. The summed E-state index contributed by atoms with van der Waals surface area (Å²) in [4.78, 5) is 17.3. The van der Waals surface area contributed by atoms with Gasteiger partial charge in [0.1, 0.15) is 0 Å². The summed E-state index contributed by atoms with van der Waals surface area (Å²) in [7, 11) is 1.15. The monoisotopic (exact) mass is 475 g/mol. The lowest BCUT2D eigenvalue weighted by Gasteiger charge is -2.23. The number of benzene rings is 2. The number of hydrogen-bond donors (Lipinski definition) is 1. The molecule has 1 aliphatic carbocycles. The van der Waals surface area contributed by atoms with Gasteiger partial charge >= 0.3 is 0 Å². The Labute approximate surface area is 191 Å². The molecule has 1 heterocycles. The number of rotatable bonds is 7. The second-order valence-corrected chi connectivity index (χ2v) is 10.7. The number of aromatic nitrogens is 1. The lowest BCUT2D eigenvalue weighted by molar-refractivity contribution is 0.102. The molecule has 3 aromatic rings. The molecule has 0 atom stereocenters. The predicted octanol–water partition coefficient (Wildman–Crippen LogP) is 4.13. The summed E-state index contributed by atoms with van der Waals surface area (Å²) in [5.41, 5.74) is 1.03. The van der Waals surface area contributed by atoms with Crippen molar-refractivity contribution in [2.24, 2.45) is 0 Å². The van der Waals surface area contributed by atoms with Crippen LogP contribution < -0.4 is 14.8 Å². The first-order valence-corrected chi connectivity index (χ1v) is 12.5. The third-order valence-electron chi connectivity index (χ3n) is 5.75. The van der Waals surface area contributed by atoms with Gasteiger partial charge in [0.2, 0.25) is 10.0 Å². The maximum atomic E-state index is 12.9. The maximum Gasteiger partial charge on any atom is 0.257 e. The summed E-state index contributed by atoms with van der Waals surface area (Å²) in [5, 5.41) is 3.20. The van der Waals surface area contributed by atoms with E-state index in [1.54, 1.807) is 27.3 Å². The van der Waals surface area contributed by atoms with E-state index in [9.17, 15) is 13.2 Å². The van der Waals surface area contributed by atoms with Crippen molar-refractivity contribution in [3.05, 3.63) is 42.0 Å². The van der Waals surface area contributed by atoms with E-state index in [-0.39, 0.29) is 16.8 Å². The van der Waals surface area contributed by atoms with E-state index in [1.165, 1.54) is 39.9 Å².